The van der Waals surface area contributed by atoms with Gasteiger partial charge in [0.05, 0.1) is 22.4 Å². The van der Waals surface area contributed by atoms with Crippen molar-refractivity contribution in [3.63, 3.8) is 0 Å². The molecule has 1 heterocycles. The fourth-order valence-corrected chi connectivity index (χ4v) is 7.94. The molecule has 0 fully saturated rings. The van der Waals surface area contributed by atoms with E-state index < -0.39 is 0 Å². The van der Waals surface area contributed by atoms with Crippen LogP contribution in [0.5, 0.6) is 0 Å². The second-order valence-electron chi connectivity index (χ2n) is 12.9. The van der Waals surface area contributed by atoms with E-state index >= 15 is 0 Å². The first-order valence-corrected chi connectivity index (χ1v) is 17.2. The zero-order chi connectivity index (χ0) is 33.0. The monoisotopic (exact) mass is 636 g/mol. The quantitative estimate of drug-likeness (QED) is 0.171. The van der Waals surface area contributed by atoms with Gasteiger partial charge >= 0.3 is 0 Å². The number of aromatic nitrogens is 1. The van der Waals surface area contributed by atoms with Crippen molar-refractivity contribution in [1.82, 2.24) is 4.57 Å². The Morgan fingerprint density at radius 1 is 0.360 bits per heavy atom. The summed E-state index contributed by atoms with van der Waals surface area (Å²) in [6.45, 7) is 0. The van der Waals surface area contributed by atoms with Crippen molar-refractivity contribution in [2.45, 2.75) is 0 Å². The molecule has 1 aromatic heterocycles. The van der Waals surface area contributed by atoms with Gasteiger partial charge in [-0.15, -0.1) is 0 Å². The number of hydrogen-bond acceptors (Lipinski definition) is 1. The maximum Gasteiger partial charge on any atom is 0.0546 e. The number of para-hydroxylation sites is 3. The summed E-state index contributed by atoms with van der Waals surface area (Å²) in [5.74, 6) is 0. The van der Waals surface area contributed by atoms with Crippen molar-refractivity contribution in [2.24, 2.45) is 0 Å². The summed E-state index contributed by atoms with van der Waals surface area (Å²) in [5, 5.41) is 9.96. The van der Waals surface area contributed by atoms with Gasteiger partial charge in [-0.3, -0.25) is 0 Å². The largest absolute Gasteiger partial charge is 0.309 e. The Hall–Kier alpha value is -6.64. The highest BCUT2D eigenvalue weighted by atomic mass is 15.1. The van der Waals surface area contributed by atoms with E-state index in [0.29, 0.717) is 0 Å². The molecule has 9 aromatic carbocycles. The van der Waals surface area contributed by atoms with Crippen molar-refractivity contribution >= 4 is 71.2 Å². The van der Waals surface area contributed by atoms with E-state index in [2.05, 4.69) is 204 Å². The molecule has 2 heteroatoms. The summed E-state index contributed by atoms with van der Waals surface area (Å²) in [6, 6.07) is 70.5. The maximum absolute atomic E-state index is 2.48. The summed E-state index contributed by atoms with van der Waals surface area (Å²) in [4.78, 5) is 2.48. The van der Waals surface area contributed by atoms with Crippen LogP contribution in [0.1, 0.15) is 0 Å². The van der Waals surface area contributed by atoms with Gasteiger partial charge in [0.15, 0.2) is 0 Å². The third kappa shape index (κ3) is 4.43. The van der Waals surface area contributed by atoms with Gasteiger partial charge in [0.2, 0.25) is 0 Å². The van der Waals surface area contributed by atoms with E-state index in [0.717, 1.165) is 22.7 Å². The van der Waals surface area contributed by atoms with E-state index in [1.807, 2.05) is 0 Å². The molecular weight excluding hydrogens is 605 g/mol. The molecule has 0 bridgehead atoms. The normalized spacial score (nSPS) is 11.6. The van der Waals surface area contributed by atoms with Crippen LogP contribution in [0, 0.1) is 0 Å². The Morgan fingerprint density at radius 3 is 1.88 bits per heavy atom. The first-order valence-electron chi connectivity index (χ1n) is 17.2. The van der Waals surface area contributed by atoms with Gasteiger partial charge in [0, 0.05) is 33.1 Å². The minimum Gasteiger partial charge on any atom is -0.309 e. The molecule has 2 nitrogen and oxygen atoms in total. The average molecular weight is 637 g/mol. The third-order valence-electron chi connectivity index (χ3n) is 10.1. The van der Waals surface area contributed by atoms with Crippen molar-refractivity contribution in [3.8, 4) is 16.8 Å². The highest BCUT2D eigenvalue weighted by Gasteiger charge is 2.22. The Labute approximate surface area is 290 Å². The van der Waals surface area contributed by atoms with Gasteiger partial charge in [0.1, 0.15) is 0 Å². The Bertz CT molecular complexity index is 2870. The van der Waals surface area contributed by atoms with Gasteiger partial charge in [-0.1, -0.05) is 146 Å². The fourth-order valence-electron chi connectivity index (χ4n) is 7.94. The van der Waals surface area contributed by atoms with Gasteiger partial charge in [-0.05, 0) is 81.0 Å². The number of hydrogen-bond donors (Lipinski definition) is 0. The second-order valence-corrected chi connectivity index (χ2v) is 12.9. The van der Waals surface area contributed by atoms with Crippen LogP contribution in [0.4, 0.5) is 17.1 Å². The first kappa shape index (κ1) is 28.4. The molecule has 0 amide bonds. The highest BCUT2D eigenvalue weighted by molar-refractivity contribution is 6.22. The van der Waals surface area contributed by atoms with Crippen LogP contribution in [0.3, 0.4) is 0 Å². The molecule has 234 valence electrons. The van der Waals surface area contributed by atoms with Gasteiger partial charge in [0.25, 0.3) is 0 Å². The summed E-state index contributed by atoms with van der Waals surface area (Å²) >= 11 is 0. The fraction of sp³-hybridized carbons (Fsp3) is 0. The van der Waals surface area contributed by atoms with Crippen molar-refractivity contribution in [2.75, 3.05) is 4.90 Å². The van der Waals surface area contributed by atoms with Crippen LogP contribution in [0.15, 0.2) is 194 Å². The molecule has 0 saturated heterocycles. The lowest BCUT2D eigenvalue weighted by molar-refractivity contribution is 1.18. The molecule has 50 heavy (non-hydrogen) atoms. The zero-order valence-electron chi connectivity index (χ0n) is 27.4. The molecule has 0 spiro atoms. The number of benzene rings is 9. The van der Waals surface area contributed by atoms with Crippen molar-refractivity contribution in [1.29, 1.82) is 0 Å². The lowest BCUT2D eigenvalue weighted by Crippen LogP contribution is -2.12. The molecule has 0 aliphatic rings. The SMILES string of the molecule is c1ccc(-c2ccccc2N(c2ccc3c(c2)c2ccccc2n3-c2ccccc2)c2cccc3ccc4c5ccccc5ccc4c23)cc1. The van der Waals surface area contributed by atoms with Crippen LogP contribution >= 0.6 is 0 Å². The van der Waals surface area contributed by atoms with E-state index in [1.54, 1.807) is 0 Å². The Kier molecular flexibility index (Phi) is 6.53. The Balaban J connectivity index is 1.31. The summed E-state index contributed by atoms with van der Waals surface area (Å²) < 4.78 is 2.38. The number of fused-ring (bicyclic) bond motifs is 8. The van der Waals surface area contributed by atoms with E-state index in [4.69, 9.17) is 0 Å². The minimum atomic E-state index is 1.11. The van der Waals surface area contributed by atoms with Gasteiger partial charge in [-0.2, -0.15) is 0 Å². The molecule has 0 aliphatic heterocycles. The van der Waals surface area contributed by atoms with Crippen molar-refractivity contribution < 1.29 is 0 Å². The van der Waals surface area contributed by atoms with Crippen LogP contribution in [0.2, 0.25) is 0 Å². The van der Waals surface area contributed by atoms with Gasteiger partial charge < -0.3 is 9.47 Å². The zero-order valence-corrected chi connectivity index (χ0v) is 27.4. The summed E-state index contributed by atoms with van der Waals surface area (Å²) in [5.41, 5.74) is 9.31. The molecule has 0 unspecified atom stereocenters. The smallest absolute Gasteiger partial charge is 0.0546 e. The van der Waals surface area contributed by atoms with Crippen LogP contribution in [-0.4, -0.2) is 4.57 Å². The van der Waals surface area contributed by atoms with Crippen LogP contribution < -0.4 is 4.90 Å². The van der Waals surface area contributed by atoms with E-state index in [1.165, 1.54) is 65.3 Å². The molecule has 0 saturated carbocycles. The lowest BCUT2D eigenvalue weighted by atomic mass is 9.95. The molecule has 0 radical (unpaired) electrons. The molecule has 0 aliphatic carbocycles. The number of anilines is 3. The van der Waals surface area contributed by atoms with Crippen molar-refractivity contribution in [3.05, 3.63) is 194 Å². The summed E-state index contributed by atoms with van der Waals surface area (Å²) in [6.07, 6.45) is 0. The number of rotatable bonds is 5. The topological polar surface area (TPSA) is 8.17 Å². The first-order chi connectivity index (χ1) is 24.8. The maximum atomic E-state index is 2.48. The molecule has 0 N–H and O–H groups in total. The van der Waals surface area contributed by atoms with E-state index in [9.17, 15) is 0 Å². The number of nitrogens with zero attached hydrogens (tertiary/aromatic N) is 2. The van der Waals surface area contributed by atoms with E-state index in [-0.39, 0.29) is 0 Å². The molecule has 10 aromatic rings. The second kappa shape index (κ2) is 11.5. The van der Waals surface area contributed by atoms with Crippen LogP contribution in [0.25, 0.3) is 70.9 Å². The Morgan fingerprint density at radius 2 is 1.00 bits per heavy atom. The average Bonchev–Trinajstić information content (AvgIpc) is 3.52. The van der Waals surface area contributed by atoms with Crippen LogP contribution in [-0.2, 0) is 0 Å². The standard InChI is InChI=1S/C48H32N2/c1-3-14-33(15-4-1)39-21-9-11-23-44(39)50(47-25-13-17-35-27-29-40-38-20-8-7-16-34(38)26-30-42(40)48(35)47)37-28-31-46-43(32-37)41-22-10-12-24-45(41)49(46)36-18-5-2-6-19-36/h1-32H. The predicted octanol–water partition coefficient (Wildman–Crippen LogP) is 13.4. The lowest BCUT2D eigenvalue weighted by Gasteiger charge is -2.29. The summed E-state index contributed by atoms with van der Waals surface area (Å²) in [7, 11) is 0. The molecule has 0 atom stereocenters. The molecule has 10 rings (SSSR count). The highest BCUT2D eigenvalue weighted by Crippen LogP contribution is 2.47. The van der Waals surface area contributed by atoms with Gasteiger partial charge in [-0.25, -0.2) is 0 Å². The predicted molar refractivity (Wildman–Crippen MR) is 213 cm³/mol. The molecular formula is C48H32N2. The third-order valence-corrected chi connectivity index (χ3v) is 10.1. The minimum absolute atomic E-state index is 1.11.